The highest BCUT2D eigenvalue weighted by Crippen LogP contribution is 2.18. The maximum atomic E-state index is 12.0. The van der Waals surface area contributed by atoms with Gasteiger partial charge in [0.25, 0.3) is 0 Å². The molecule has 6 nitrogen and oxygen atoms in total. The van der Waals surface area contributed by atoms with Crippen molar-refractivity contribution in [3.05, 3.63) is 36.1 Å². The molecule has 7 heteroatoms. The van der Waals surface area contributed by atoms with E-state index in [1.54, 1.807) is 6.92 Å². The number of para-hydroxylation sites is 1. The molecule has 1 amide bonds. The van der Waals surface area contributed by atoms with Crippen LogP contribution in [0.5, 0.6) is 0 Å². The molecule has 0 spiro atoms. The number of unbranched alkanes of at least 4 members (excludes halogenated alkanes) is 1. The Labute approximate surface area is 142 Å². The van der Waals surface area contributed by atoms with Crippen molar-refractivity contribution < 1.29 is 17.6 Å². The average molecular weight is 352 g/mol. The van der Waals surface area contributed by atoms with Crippen molar-refractivity contribution in [2.75, 3.05) is 12.3 Å². The van der Waals surface area contributed by atoms with Gasteiger partial charge in [-0.3, -0.25) is 4.79 Å². The van der Waals surface area contributed by atoms with Gasteiger partial charge in [-0.15, -0.1) is 0 Å². The lowest BCUT2D eigenvalue weighted by Gasteiger charge is -2.14. The van der Waals surface area contributed by atoms with Gasteiger partial charge in [-0.25, -0.2) is 13.1 Å². The number of fused-ring (bicyclic) bond motifs is 1. The molecule has 1 aromatic carbocycles. The van der Waals surface area contributed by atoms with Crippen LogP contribution in [-0.2, 0) is 21.2 Å². The number of furan rings is 1. The Balaban J connectivity index is 1.79. The molecule has 1 aromatic heterocycles. The lowest BCUT2D eigenvalue weighted by molar-refractivity contribution is -0.122. The number of nitrogens with one attached hydrogen (secondary N) is 2. The van der Waals surface area contributed by atoms with Crippen LogP contribution in [0.25, 0.3) is 11.0 Å². The summed E-state index contributed by atoms with van der Waals surface area (Å²) in [5, 5.41) is 3.75. The predicted octanol–water partition coefficient (Wildman–Crippen LogP) is 2.20. The smallest absolute Gasteiger partial charge is 0.237 e. The third kappa shape index (κ3) is 5.35. The highest BCUT2D eigenvalue weighted by molar-refractivity contribution is 7.89. The zero-order chi connectivity index (χ0) is 17.6. The SMILES string of the molecule is CCCCS(=O)(=O)NC(C)C(=O)NCCc1cc2ccccc2o1. The first-order chi connectivity index (χ1) is 11.4. The second-order valence-electron chi connectivity index (χ2n) is 5.80. The predicted molar refractivity (Wildman–Crippen MR) is 94.2 cm³/mol. The maximum Gasteiger partial charge on any atom is 0.237 e. The summed E-state index contributed by atoms with van der Waals surface area (Å²) in [5.41, 5.74) is 0.816. The molecule has 1 unspecified atom stereocenters. The summed E-state index contributed by atoms with van der Waals surface area (Å²) >= 11 is 0. The van der Waals surface area contributed by atoms with Crippen LogP contribution >= 0.6 is 0 Å². The standard InChI is InChI=1S/C17H24N2O4S/c1-3-4-11-24(21,22)19-13(2)17(20)18-10-9-15-12-14-7-5-6-8-16(14)23-15/h5-8,12-13,19H,3-4,9-11H2,1-2H3,(H,18,20). The fourth-order valence-corrected chi connectivity index (χ4v) is 3.77. The van der Waals surface area contributed by atoms with E-state index >= 15 is 0 Å². The molecule has 2 rings (SSSR count). The number of hydrogen-bond donors (Lipinski definition) is 2. The minimum Gasteiger partial charge on any atom is -0.461 e. The molecule has 0 aliphatic heterocycles. The summed E-state index contributed by atoms with van der Waals surface area (Å²) in [6, 6.07) is 8.86. The summed E-state index contributed by atoms with van der Waals surface area (Å²) in [5.74, 6) is 0.485. The molecular formula is C17H24N2O4S. The number of sulfonamides is 1. The molecule has 1 atom stereocenters. The van der Waals surface area contributed by atoms with E-state index in [0.717, 1.165) is 23.2 Å². The van der Waals surface area contributed by atoms with Gasteiger partial charge in [0.15, 0.2) is 0 Å². The van der Waals surface area contributed by atoms with Gasteiger partial charge in [-0.2, -0.15) is 0 Å². The normalized spacial score (nSPS) is 13.1. The molecule has 2 N–H and O–H groups in total. The van der Waals surface area contributed by atoms with E-state index in [1.807, 2.05) is 37.3 Å². The third-order valence-corrected chi connectivity index (χ3v) is 5.20. The quantitative estimate of drug-likeness (QED) is 0.724. The summed E-state index contributed by atoms with van der Waals surface area (Å²) in [6.45, 7) is 3.85. The minimum absolute atomic E-state index is 0.0418. The molecule has 0 bridgehead atoms. The molecule has 2 aromatic rings. The van der Waals surface area contributed by atoms with Crippen molar-refractivity contribution >= 4 is 26.9 Å². The second kappa shape index (κ2) is 8.30. The van der Waals surface area contributed by atoms with E-state index in [1.165, 1.54) is 0 Å². The fourth-order valence-electron chi connectivity index (χ4n) is 2.34. The van der Waals surface area contributed by atoms with Gasteiger partial charge in [0.1, 0.15) is 11.3 Å². The summed E-state index contributed by atoms with van der Waals surface area (Å²) in [6.07, 6.45) is 1.92. The molecule has 132 valence electrons. The van der Waals surface area contributed by atoms with Crippen molar-refractivity contribution in [1.82, 2.24) is 10.0 Å². The van der Waals surface area contributed by atoms with E-state index in [9.17, 15) is 13.2 Å². The van der Waals surface area contributed by atoms with Crippen molar-refractivity contribution in [3.8, 4) is 0 Å². The van der Waals surface area contributed by atoms with E-state index in [4.69, 9.17) is 4.42 Å². The molecule has 0 aliphatic rings. The zero-order valence-electron chi connectivity index (χ0n) is 14.0. The van der Waals surface area contributed by atoms with Crippen molar-refractivity contribution in [1.29, 1.82) is 0 Å². The highest BCUT2D eigenvalue weighted by atomic mass is 32.2. The first-order valence-electron chi connectivity index (χ1n) is 8.16. The summed E-state index contributed by atoms with van der Waals surface area (Å²) in [4.78, 5) is 12.0. The number of hydrogen-bond acceptors (Lipinski definition) is 4. The molecule has 0 saturated heterocycles. The first-order valence-corrected chi connectivity index (χ1v) is 9.81. The van der Waals surface area contributed by atoms with Crippen LogP contribution in [0.2, 0.25) is 0 Å². The lowest BCUT2D eigenvalue weighted by atomic mass is 10.2. The van der Waals surface area contributed by atoms with Crippen LogP contribution in [-0.4, -0.2) is 32.7 Å². The van der Waals surface area contributed by atoms with Crippen molar-refractivity contribution in [2.45, 2.75) is 39.2 Å². The Morgan fingerprint density at radius 2 is 2.04 bits per heavy atom. The number of amides is 1. The number of carbonyl (C=O) groups is 1. The Bertz CT molecular complexity index is 750. The Morgan fingerprint density at radius 1 is 1.29 bits per heavy atom. The molecule has 0 fully saturated rings. The molecular weight excluding hydrogens is 328 g/mol. The summed E-state index contributed by atoms with van der Waals surface area (Å²) in [7, 11) is -3.41. The second-order valence-corrected chi connectivity index (χ2v) is 7.68. The Hall–Kier alpha value is -1.86. The molecule has 24 heavy (non-hydrogen) atoms. The maximum absolute atomic E-state index is 12.0. The van der Waals surface area contributed by atoms with Gasteiger partial charge in [0.2, 0.25) is 15.9 Å². The Morgan fingerprint density at radius 3 is 2.75 bits per heavy atom. The largest absolute Gasteiger partial charge is 0.461 e. The van der Waals surface area contributed by atoms with Crippen LogP contribution < -0.4 is 10.0 Å². The average Bonchev–Trinajstić information content (AvgIpc) is 2.95. The van der Waals surface area contributed by atoms with Crippen molar-refractivity contribution in [2.24, 2.45) is 0 Å². The van der Waals surface area contributed by atoms with Crippen LogP contribution in [0.4, 0.5) is 0 Å². The number of rotatable bonds is 9. The minimum atomic E-state index is -3.41. The topological polar surface area (TPSA) is 88.4 Å². The summed E-state index contributed by atoms with van der Waals surface area (Å²) < 4.78 is 31.7. The highest BCUT2D eigenvalue weighted by Gasteiger charge is 2.19. The lowest BCUT2D eigenvalue weighted by Crippen LogP contribution is -2.45. The third-order valence-electron chi connectivity index (χ3n) is 3.66. The van der Waals surface area contributed by atoms with Gasteiger partial charge in [-0.05, 0) is 25.5 Å². The van der Waals surface area contributed by atoms with Gasteiger partial charge in [0, 0.05) is 18.4 Å². The van der Waals surface area contributed by atoms with Gasteiger partial charge >= 0.3 is 0 Å². The van der Waals surface area contributed by atoms with Crippen molar-refractivity contribution in [3.63, 3.8) is 0 Å². The molecule has 0 aliphatic carbocycles. The molecule has 0 radical (unpaired) electrons. The molecule has 0 saturated carbocycles. The zero-order valence-corrected chi connectivity index (χ0v) is 14.9. The fraction of sp³-hybridized carbons (Fsp3) is 0.471. The molecule has 1 heterocycles. The van der Waals surface area contributed by atoms with E-state index in [0.29, 0.717) is 19.4 Å². The van der Waals surface area contributed by atoms with E-state index in [-0.39, 0.29) is 11.7 Å². The van der Waals surface area contributed by atoms with Crippen LogP contribution in [0, 0.1) is 0 Å². The Kier molecular flexibility index (Phi) is 6.39. The van der Waals surface area contributed by atoms with Gasteiger partial charge in [0.05, 0.1) is 11.8 Å². The van der Waals surface area contributed by atoms with Gasteiger partial charge in [-0.1, -0.05) is 31.5 Å². The van der Waals surface area contributed by atoms with Crippen LogP contribution in [0.1, 0.15) is 32.4 Å². The van der Waals surface area contributed by atoms with E-state index in [2.05, 4.69) is 10.0 Å². The van der Waals surface area contributed by atoms with E-state index < -0.39 is 16.1 Å². The van der Waals surface area contributed by atoms with Gasteiger partial charge < -0.3 is 9.73 Å². The van der Waals surface area contributed by atoms with Crippen LogP contribution in [0.15, 0.2) is 34.7 Å². The van der Waals surface area contributed by atoms with Crippen LogP contribution in [0.3, 0.4) is 0 Å². The monoisotopic (exact) mass is 352 g/mol. The number of benzene rings is 1. The number of carbonyl (C=O) groups excluding carboxylic acids is 1. The first kappa shape index (κ1) is 18.5.